The summed E-state index contributed by atoms with van der Waals surface area (Å²) in [6.07, 6.45) is -0.324. The zero-order chi connectivity index (χ0) is 16.7. The van der Waals surface area contributed by atoms with Gasteiger partial charge in [-0.3, -0.25) is 9.59 Å². The van der Waals surface area contributed by atoms with Gasteiger partial charge in [-0.25, -0.2) is 0 Å². The van der Waals surface area contributed by atoms with Gasteiger partial charge in [0.1, 0.15) is 0 Å². The Labute approximate surface area is 146 Å². The highest BCUT2D eigenvalue weighted by atomic mass is 79.9. The van der Waals surface area contributed by atoms with Crippen LogP contribution in [0, 0.1) is 0 Å². The summed E-state index contributed by atoms with van der Waals surface area (Å²) >= 11 is 3.41. The van der Waals surface area contributed by atoms with Crippen molar-refractivity contribution in [3.05, 3.63) is 63.6 Å². The molecule has 0 radical (unpaired) electrons. The molecule has 0 saturated heterocycles. The Kier molecular flexibility index (Phi) is 3.65. The molecule has 7 heteroatoms. The van der Waals surface area contributed by atoms with Crippen LogP contribution in [0.1, 0.15) is 40.1 Å². The van der Waals surface area contributed by atoms with Crippen LogP contribution < -0.4 is 10.6 Å². The number of nitrogens with one attached hydrogen (secondary N) is 2. The molecule has 0 aliphatic carbocycles. The lowest BCUT2D eigenvalue weighted by atomic mass is 10.0. The number of carbonyl (C=O) groups is 2. The minimum absolute atomic E-state index is 0.141. The lowest BCUT2D eigenvalue weighted by Crippen LogP contribution is -2.30. The van der Waals surface area contributed by atoms with Gasteiger partial charge in [0.15, 0.2) is 6.17 Å². The number of rotatable bonds is 3. The van der Waals surface area contributed by atoms with E-state index in [9.17, 15) is 9.59 Å². The number of carbonyl (C=O) groups excluding carboxylic acids is 2. The molecular weight excluding hydrogens is 372 g/mol. The molecule has 2 aromatic carbocycles. The van der Waals surface area contributed by atoms with Gasteiger partial charge in [0.25, 0.3) is 5.91 Å². The molecule has 2 amide bonds. The highest BCUT2D eigenvalue weighted by molar-refractivity contribution is 9.10. The normalized spacial score (nSPS) is 20.5. The van der Waals surface area contributed by atoms with Crippen LogP contribution >= 0.6 is 15.9 Å². The smallest absolute Gasteiger partial charge is 0.252 e. The third kappa shape index (κ3) is 2.60. The second-order valence-electron chi connectivity index (χ2n) is 5.71. The van der Waals surface area contributed by atoms with E-state index < -0.39 is 6.17 Å². The molecule has 0 bridgehead atoms. The van der Waals surface area contributed by atoms with Crippen molar-refractivity contribution in [1.82, 2.24) is 10.6 Å². The Morgan fingerprint density at radius 3 is 2.92 bits per heavy atom. The van der Waals surface area contributed by atoms with Gasteiger partial charge in [0, 0.05) is 15.6 Å². The molecule has 4 rings (SSSR count). The second-order valence-corrected chi connectivity index (χ2v) is 6.62. The SMILES string of the molecule is O=C(C[C@@H]1NC(=O)c2ccccc21)N[C@@H]1N=Nc2ccc(Br)cc21. The number of fused-ring (bicyclic) bond motifs is 2. The Morgan fingerprint density at radius 1 is 1.21 bits per heavy atom. The van der Waals surface area contributed by atoms with Crippen LogP contribution in [-0.4, -0.2) is 11.8 Å². The third-order valence-electron chi connectivity index (χ3n) is 4.14. The molecule has 2 aromatic rings. The highest BCUT2D eigenvalue weighted by Gasteiger charge is 2.31. The van der Waals surface area contributed by atoms with E-state index in [1.165, 1.54) is 0 Å². The predicted octanol–water partition coefficient (Wildman–Crippen LogP) is 3.54. The molecule has 6 nitrogen and oxygen atoms in total. The van der Waals surface area contributed by atoms with Gasteiger partial charge in [0.05, 0.1) is 18.2 Å². The first-order valence-corrected chi connectivity index (χ1v) is 8.30. The second kappa shape index (κ2) is 5.83. The summed E-state index contributed by atoms with van der Waals surface area (Å²) in [5.41, 5.74) is 3.09. The summed E-state index contributed by atoms with van der Waals surface area (Å²) in [5.74, 6) is -0.327. The summed E-state index contributed by atoms with van der Waals surface area (Å²) in [7, 11) is 0. The lowest BCUT2D eigenvalue weighted by molar-refractivity contribution is -0.122. The fourth-order valence-corrected chi connectivity index (χ4v) is 3.38. The van der Waals surface area contributed by atoms with Crippen LogP contribution in [0.2, 0.25) is 0 Å². The molecule has 120 valence electrons. The number of amides is 2. The van der Waals surface area contributed by atoms with Crippen molar-refractivity contribution in [2.75, 3.05) is 0 Å². The summed E-state index contributed by atoms with van der Waals surface area (Å²) < 4.78 is 0.907. The van der Waals surface area contributed by atoms with Crippen LogP contribution in [0.5, 0.6) is 0 Å². The Hall–Kier alpha value is -2.54. The number of nitrogens with zero attached hydrogens (tertiary/aromatic N) is 2. The maximum absolute atomic E-state index is 12.4. The first-order valence-electron chi connectivity index (χ1n) is 7.51. The van der Waals surface area contributed by atoms with Crippen LogP contribution in [0.25, 0.3) is 0 Å². The van der Waals surface area contributed by atoms with Gasteiger partial charge in [-0.1, -0.05) is 34.1 Å². The van der Waals surface area contributed by atoms with Gasteiger partial charge in [-0.2, -0.15) is 10.2 Å². The van der Waals surface area contributed by atoms with E-state index in [2.05, 4.69) is 36.8 Å². The van der Waals surface area contributed by atoms with Crippen LogP contribution in [0.3, 0.4) is 0 Å². The van der Waals surface area contributed by atoms with E-state index in [4.69, 9.17) is 0 Å². The standard InChI is InChI=1S/C17H13BrN4O2/c18-9-5-6-13-12(7-9)16(22-21-13)20-15(23)8-14-10-3-1-2-4-11(10)17(24)19-14/h1-7,14,16H,8H2,(H,19,24)(H,20,23)/t14-,16+/m0/s1. The van der Waals surface area contributed by atoms with Crippen molar-refractivity contribution < 1.29 is 9.59 Å². The van der Waals surface area contributed by atoms with Gasteiger partial charge in [-0.05, 0) is 29.8 Å². The Morgan fingerprint density at radius 2 is 2.04 bits per heavy atom. The molecule has 2 aliphatic rings. The minimum Gasteiger partial charge on any atom is -0.345 e. The fraction of sp³-hybridized carbons (Fsp3) is 0.176. The molecule has 2 atom stereocenters. The fourth-order valence-electron chi connectivity index (χ4n) is 3.00. The Bertz CT molecular complexity index is 881. The Balaban J connectivity index is 1.47. The molecule has 2 aliphatic heterocycles. The molecule has 2 heterocycles. The summed E-state index contributed by atoms with van der Waals surface area (Å²) in [5, 5.41) is 13.9. The third-order valence-corrected chi connectivity index (χ3v) is 4.63. The van der Waals surface area contributed by atoms with Gasteiger partial charge in [-0.15, -0.1) is 0 Å². The van der Waals surface area contributed by atoms with E-state index >= 15 is 0 Å². The number of benzene rings is 2. The maximum atomic E-state index is 12.4. The van der Waals surface area contributed by atoms with Gasteiger partial charge < -0.3 is 10.6 Å². The molecule has 0 unspecified atom stereocenters. The van der Waals surface area contributed by atoms with E-state index in [-0.39, 0.29) is 24.3 Å². The highest BCUT2D eigenvalue weighted by Crippen LogP contribution is 2.36. The van der Waals surface area contributed by atoms with Crippen molar-refractivity contribution in [2.24, 2.45) is 10.2 Å². The van der Waals surface area contributed by atoms with E-state index in [1.807, 2.05) is 36.4 Å². The lowest BCUT2D eigenvalue weighted by Gasteiger charge is -2.14. The van der Waals surface area contributed by atoms with Crippen LogP contribution in [-0.2, 0) is 4.79 Å². The topological polar surface area (TPSA) is 82.9 Å². The molecule has 0 spiro atoms. The summed E-state index contributed by atoms with van der Waals surface area (Å²) in [6, 6.07) is 12.6. The predicted molar refractivity (Wildman–Crippen MR) is 90.8 cm³/mol. The van der Waals surface area contributed by atoms with E-state index in [0.717, 1.165) is 21.3 Å². The molecule has 0 aromatic heterocycles. The van der Waals surface area contributed by atoms with Crippen molar-refractivity contribution >= 4 is 33.4 Å². The zero-order valence-electron chi connectivity index (χ0n) is 12.5. The van der Waals surface area contributed by atoms with Crippen molar-refractivity contribution in [2.45, 2.75) is 18.6 Å². The van der Waals surface area contributed by atoms with E-state index in [1.54, 1.807) is 6.07 Å². The van der Waals surface area contributed by atoms with Gasteiger partial charge >= 0.3 is 0 Å². The summed E-state index contributed by atoms with van der Waals surface area (Å²) in [4.78, 5) is 24.3. The summed E-state index contributed by atoms with van der Waals surface area (Å²) in [6.45, 7) is 0. The molecule has 0 fully saturated rings. The quantitative estimate of drug-likeness (QED) is 0.847. The van der Waals surface area contributed by atoms with E-state index in [0.29, 0.717) is 5.56 Å². The average molecular weight is 385 g/mol. The largest absolute Gasteiger partial charge is 0.345 e. The van der Waals surface area contributed by atoms with Crippen LogP contribution in [0.15, 0.2) is 57.2 Å². The van der Waals surface area contributed by atoms with Crippen molar-refractivity contribution in [3.8, 4) is 0 Å². The zero-order valence-corrected chi connectivity index (χ0v) is 14.1. The average Bonchev–Trinajstić information content (AvgIpc) is 3.10. The minimum atomic E-state index is -0.489. The van der Waals surface area contributed by atoms with Gasteiger partial charge in [0.2, 0.25) is 5.91 Å². The molecular formula is C17H13BrN4O2. The number of azo groups is 1. The molecule has 0 saturated carbocycles. The number of hydrogen-bond acceptors (Lipinski definition) is 4. The number of hydrogen-bond donors (Lipinski definition) is 2. The molecule has 2 N–H and O–H groups in total. The van der Waals surface area contributed by atoms with Crippen LogP contribution in [0.4, 0.5) is 5.69 Å². The maximum Gasteiger partial charge on any atom is 0.252 e. The number of halogens is 1. The van der Waals surface area contributed by atoms with Crippen molar-refractivity contribution in [1.29, 1.82) is 0 Å². The molecule has 24 heavy (non-hydrogen) atoms. The first kappa shape index (κ1) is 15.0. The monoisotopic (exact) mass is 384 g/mol. The first-order chi connectivity index (χ1) is 11.6. The van der Waals surface area contributed by atoms with Crippen molar-refractivity contribution in [3.63, 3.8) is 0 Å².